The van der Waals surface area contributed by atoms with Crippen molar-refractivity contribution in [1.29, 1.82) is 0 Å². The molecular weight excluding hydrogens is 409 g/mol. The molecule has 30 heavy (non-hydrogen) atoms. The molecule has 1 spiro atoms. The average molecular weight is 433 g/mol. The van der Waals surface area contributed by atoms with Crippen molar-refractivity contribution in [2.45, 2.75) is 44.8 Å². The molecule has 0 unspecified atom stereocenters. The van der Waals surface area contributed by atoms with Gasteiger partial charge in [0.2, 0.25) is 0 Å². The molecule has 8 heteroatoms. The Bertz CT molecular complexity index is 1070. The monoisotopic (exact) mass is 432 g/mol. The van der Waals surface area contributed by atoms with Crippen molar-refractivity contribution < 1.29 is 13.2 Å². The van der Waals surface area contributed by atoms with E-state index in [1.165, 1.54) is 11.9 Å². The molecule has 3 aromatic rings. The van der Waals surface area contributed by atoms with Crippen LogP contribution in [-0.4, -0.2) is 35.3 Å². The van der Waals surface area contributed by atoms with Gasteiger partial charge >= 0.3 is 6.18 Å². The van der Waals surface area contributed by atoms with Crippen LogP contribution in [0.2, 0.25) is 0 Å². The van der Waals surface area contributed by atoms with E-state index in [0.717, 1.165) is 60.6 Å². The number of aromatic nitrogens is 2. The van der Waals surface area contributed by atoms with E-state index in [-0.39, 0.29) is 5.41 Å². The van der Waals surface area contributed by atoms with Gasteiger partial charge in [0.15, 0.2) is 0 Å². The summed E-state index contributed by atoms with van der Waals surface area (Å²) in [5.41, 5.74) is 2.68. The summed E-state index contributed by atoms with van der Waals surface area (Å²) in [7, 11) is 0. The number of alkyl halides is 3. The first-order chi connectivity index (χ1) is 14.3. The molecule has 0 atom stereocenters. The number of anilines is 2. The van der Waals surface area contributed by atoms with E-state index in [9.17, 15) is 13.2 Å². The highest BCUT2D eigenvalue weighted by Gasteiger charge is 2.49. The predicted octanol–water partition coefficient (Wildman–Crippen LogP) is 5.58. The first kappa shape index (κ1) is 19.6. The number of thiophene rings is 1. The molecule has 5 rings (SSSR count). The third kappa shape index (κ3) is 3.85. The lowest BCUT2D eigenvalue weighted by molar-refractivity contribution is -0.126. The summed E-state index contributed by atoms with van der Waals surface area (Å²) in [5, 5.41) is 4.37. The molecule has 2 fully saturated rings. The van der Waals surface area contributed by atoms with Crippen molar-refractivity contribution >= 4 is 33.1 Å². The third-order valence-corrected chi connectivity index (χ3v) is 7.26. The van der Waals surface area contributed by atoms with Crippen LogP contribution in [0.4, 0.5) is 24.7 Å². The van der Waals surface area contributed by atoms with Gasteiger partial charge in [-0.05, 0) is 55.4 Å². The summed E-state index contributed by atoms with van der Waals surface area (Å²) in [6.07, 6.45) is -0.353. The van der Waals surface area contributed by atoms with Crippen molar-refractivity contribution in [3.05, 3.63) is 47.1 Å². The SMILES string of the molecule is Cc1cccc(NC2CC3(CCN(c4ncnc5sc(CC(F)(F)F)cc45)C3)C2)c1. The van der Waals surface area contributed by atoms with E-state index < -0.39 is 12.6 Å². The molecule has 4 nitrogen and oxygen atoms in total. The quantitative estimate of drug-likeness (QED) is 0.585. The molecule has 158 valence electrons. The van der Waals surface area contributed by atoms with Gasteiger partial charge in [0.25, 0.3) is 0 Å². The Morgan fingerprint density at radius 2 is 2.07 bits per heavy atom. The summed E-state index contributed by atoms with van der Waals surface area (Å²) < 4.78 is 38.4. The Morgan fingerprint density at radius 1 is 1.23 bits per heavy atom. The predicted molar refractivity (Wildman–Crippen MR) is 114 cm³/mol. The molecule has 3 heterocycles. The normalized spacial score (nSPS) is 23.9. The van der Waals surface area contributed by atoms with Gasteiger partial charge in [-0.1, -0.05) is 12.1 Å². The van der Waals surface area contributed by atoms with Crippen molar-refractivity contribution in [2.75, 3.05) is 23.3 Å². The number of aryl methyl sites for hydroxylation is 1. The van der Waals surface area contributed by atoms with Crippen LogP contribution in [0.1, 0.15) is 29.7 Å². The van der Waals surface area contributed by atoms with Crippen LogP contribution in [0.5, 0.6) is 0 Å². The van der Waals surface area contributed by atoms with Crippen molar-refractivity contribution in [1.82, 2.24) is 9.97 Å². The lowest BCUT2D eigenvalue weighted by Crippen LogP contribution is -2.46. The van der Waals surface area contributed by atoms with Crippen molar-refractivity contribution in [3.8, 4) is 0 Å². The molecule has 2 aromatic heterocycles. The zero-order valence-electron chi connectivity index (χ0n) is 16.7. The minimum Gasteiger partial charge on any atom is -0.382 e. The first-order valence-corrected chi connectivity index (χ1v) is 11.0. The highest BCUT2D eigenvalue weighted by molar-refractivity contribution is 7.18. The highest BCUT2D eigenvalue weighted by atomic mass is 32.1. The number of hydrogen-bond acceptors (Lipinski definition) is 5. The van der Waals surface area contributed by atoms with E-state index in [1.807, 2.05) is 0 Å². The minimum atomic E-state index is -4.21. The van der Waals surface area contributed by atoms with E-state index in [2.05, 4.69) is 51.4 Å². The Kier molecular flexibility index (Phi) is 4.65. The first-order valence-electron chi connectivity index (χ1n) is 10.2. The fourth-order valence-electron chi connectivity index (χ4n) is 4.94. The van der Waals surface area contributed by atoms with Crippen LogP contribution in [-0.2, 0) is 6.42 Å². The summed E-state index contributed by atoms with van der Waals surface area (Å²) >= 11 is 1.11. The average Bonchev–Trinajstić information content (AvgIpc) is 3.23. The molecule has 1 aliphatic heterocycles. The Labute approximate surface area is 177 Å². The fourth-order valence-corrected chi connectivity index (χ4v) is 5.96. The van der Waals surface area contributed by atoms with Crippen LogP contribution in [0.15, 0.2) is 36.7 Å². The van der Waals surface area contributed by atoms with Crippen LogP contribution >= 0.6 is 11.3 Å². The molecule has 1 saturated heterocycles. The summed E-state index contributed by atoms with van der Waals surface area (Å²) in [4.78, 5) is 11.8. The molecule has 1 saturated carbocycles. The van der Waals surface area contributed by atoms with E-state index in [4.69, 9.17) is 0 Å². The van der Waals surface area contributed by atoms with E-state index in [1.54, 1.807) is 6.07 Å². The van der Waals surface area contributed by atoms with Gasteiger partial charge < -0.3 is 10.2 Å². The lowest BCUT2D eigenvalue weighted by atomic mass is 9.65. The van der Waals surface area contributed by atoms with Crippen LogP contribution in [0, 0.1) is 12.3 Å². The fraction of sp³-hybridized carbons (Fsp3) is 0.455. The standard InChI is InChI=1S/C22H23F3N4S/c1-14-3-2-4-15(7-14)28-16-9-21(10-16)5-6-29(12-21)19-18-8-17(11-22(23,24)25)30-20(18)27-13-26-19/h2-4,7-8,13,16,28H,5-6,9-12H2,1H3. The minimum absolute atomic E-state index is 0.267. The smallest absolute Gasteiger partial charge is 0.382 e. The Morgan fingerprint density at radius 3 is 2.83 bits per heavy atom. The number of rotatable bonds is 4. The van der Waals surface area contributed by atoms with Gasteiger partial charge in [0, 0.05) is 29.7 Å². The van der Waals surface area contributed by atoms with Crippen LogP contribution < -0.4 is 10.2 Å². The van der Waals surface area contributed by atoms with Crippen LogP contribution in [0.25, 0.3) is 10.2 Å². The molecule has 1 N–H and O–H groups in total. The Balaban J connectivity index is 1.28. The summed E-state index contributed by atoms with van der Waals surface area (Å²) in [6, 6.07) is 10.5. The maximum Gasteiger partial charge on any atom is 0.393 e. The maximum absolute atomic E-state index is 12.8. The van der Waals surface area contributed by atoms with Crippen molar-refractivity contribution in [2.24, 2.45) is 5.41 Å². The summed E-state index contributed by atoms with van der Waals surface area (Å²) in [5.74, 6) is 0.775. The van der Waals surface area contributed by atoms with E-state index in [0.29, 0.717) is 15.7 Å². The molecule has 0 amide bonds. The topological polar surface area (TPSA) is 41.0 Å². The molecule has 0 radical (unpaired) electrons. The molecule has 2 aliphatic rings. The zero-order valence-corrected chi connectivity index (χ0v) is 17.5. The number of halogens is 3. The second-order valence-corrected chi connectivity index (χ2v) is 9.83. The van der Waals surface area contributed by atoms with Gasteiger partial charge in [-0.2, -0.15) is 13.2 Å². The van der Waals surface area contributed by atoms with Gasteiger partial charge in [-0.15, -0.1) is 11.3 Å². The van der Waals surface area contributed by atoms with E-state index >= 15 is 0 Å². The van der Waals surface area contributed by atoms with Crippen molar-refractivity contribution in [3.63, 3.8) is 0 Å². The lowest BCUT2D eigenvalue weighted by Gasteiger charge is -2.46. The molecule has 1 aliphatic carbocycles. The Hall–Kier alpha value is -2.35. The number of fused-ring (bicyclic) bond motifs is 1. The second-order valence-electron chi connectivity index (χ2n) is 8.71. The maximum atomic E-state index is 12.8. The number of nitrogens with one attached hydrogen (secondary N) is 1. The summed E-state index contributed by atoms with van der Waals surface area (Å²) in [6.45, 7) is 3.87. The van der Waals surface area contributed by atoms with Gasteiger partial charge in [0.05, 0.1) is 11.8 Å². The molecular formula is C22H23F3N4S. The van der Waals surface area contributed by atoms with Gasteiger partial charge in [-0.25, -0.2) is 9.97 Å². The zero-order chi connectivity index (χ0) is 20.9. The van der Waals surface area contributed by atoms with Gasteiger partial charge in [-0.3, -0.25) is 0 Å². The largest absolute Gasteiger partial charge is 0.393 e. The molecule has 0 bridgehead atoms. The second kappa shape index (κ2) is 7.11. The third-order valence-electron chi connectivity index (χ3n) is 6.22. The molecule has 1 aromatic carbocycles. The number of hydrogen-bond donors (Lipinski definition) is 1. The van der Waals surface area contributed by atoms with Gasteiger partial charge in [0.1, 0.15) is 17.0 Å². The number of benzene rings is 1. The number of nitrogens with zero attached hydrogens (tertiary/aromatic N) is 3. The van der Waals surface area contributed by atoms with Crippen LogP contribution in [0.3, 0.4) is 0 Å². The highest BCUT2D eigenvalue weighted by Crippen LogP contribution is 2.50.